The van der Waals surface area contributed by atoms with Gasteiger partial charge in [0, 0.05) is 44.4 Å². The Kier molecular flexibility index (Phi) is 5.92. The topological polar surface area (TPSA) is 74.2 Å². The molecule has 1 N–H and O–H groups in total. The number of nitrogens with one attached hydrogen (secondary N) is 1. The predicted octanol–water partition coefficient (Wildman–Crippen LogP) is 3.46. The summed E-state index contributed by atoms with van der Waals surface area (Å²) < 4.78 is 0. The molecule has 1 amide bonds. The van der Waals surface area contributed by atoms with Crippen LogP contribution in [-0.4, -0.2) is 51.9 Å². The van der Waals surface area contributed by atoms with Gasteiger partial charge >= 0.3 is 0 Å². The molecule has 2 aromatic rings. The highest BCUT2D eigenvalue weighted by Crippen LogP contribution is 2.26. The molecular formula is C22H30N6O. The SMILES string of the molecule is Cc1ccnc(Nc2cc(N3CCN(C(=O)C4CCCCC4)CC3)nc(C)n2)c1. The maximum Gasteiger partial charge on any atom is 0.225 e. The molecule has 2 aromatic heterocycles. The monoisotopic (exact) mass is 394 g/mol. The highest BCUT2D eigenvalue weighted by molar-refractivity contribution is 5.79. The molecule has 1 aliphatic heterocycles. The lowest BCUT2D eigenvalue weighted by molar-refractivity contribution is -0.136. The van der Waals surface area contributed by atoms with Gasteiger partial charge in [0.2, 0.25) is 5.91 Å². The molecule has 0 unspecified atom stereocenters. The highest BCUT2D eigenvalue weighted by Gasteiger charge is 2.28. The molecule has 2 fully saturated rings. The average molecular weight is 395 g/mol. The number of carbonyl (C=O) groups is 1. The van der Waals surface area contributed by atoms with Gasteiger partial charge in [0.25, 0.3) is 0 Å². The van der Waals surface area contributed by atoms with Crippen molar-refractivity contribution in [2.45, 2.75) is 46.0 Å². The van der Waals surface area contributed by atoms with E-state index in [9.17, 15) is 4.79 Å². The Balaban J connectivity index is 1.40. The van der Waals surface area contributed by atoms with E-state index in [-0.39, 0.29) is 5.92 Å². The van der Waals surface area contributed by atoms with Gasteiger partial charge in [-0.1, -0.05) is 19.3 Å². The number of carbonyl (C=O) groups excluding carboxylic acids is 1. The molecule has 7 nitrogen and oxygen atoms in total. The molecule has 0 aromatic carbocycles. The van der Waals surface area contributed by atoms with Gasteiger partial charge in [0.05, 0.1) is 0 Å². The van der Waals surface area contributed by atoms with Crippen LogP contribution in [0.15, 0.2) is 24.4 Å². The second kappa shape index (κ2) is 8.76. The summed E-state index contributed by atoms with van der Waals surface area (Å²) in [6.07, 6.45) is 7.58. The lowest BCUT2D eigenvalue weighted by Gasteiger charge is -2.37. The number of piperazine rings is 1. The number of amides is 1. The fraction of sp³-hybridized carbons (Fsp3) is 0.545. The van der Waals surface area contributed by atoms with Gasteiger partial charge in [-0.05, 0) is 44.4 Å². The molecule has 3 heterocycles. The van der Waals surface area contributed by atoms with Crippen molar-refractivity contribution < 1.29 is 4.79 Å². The van der Waals surface area contributed by atoms with Crippen molar-refractivity contribution in [3.8, 4) is 0 Å². The summed E-state index contributed by atoms with van der Waals surface area (Å²) in [5, 5.41) is 3.28. The summed E-state index contributed by atoms with van der Waals surface area (Å²) in [6.45, 7) is 7.08. The molecule has 1 aliphatic carbocycles. The Morgan fingerprint density at radius 1 is 1.00 bits per heavy atom. The number of rotatable bonds is 4. The summed E-state index contributed by atoms with van der Waals surface area (Å²) in [5.74, 6) is 3.74. The molecule has 0 atom stereocenters. The van der Waals surface area contributed by atoms with Crippen LogP contribution in [0, 0.1) is 19.8 Å². The first-order chi connectivity index (χ1) is 14.1. The maximum atomic E-state index is 12.8. The number of aryl methyl sites for hydroxylation is 2. The van der Waals surface area contributed by atoms with Crippen LogP contribution in [0.4, 0.5) is 17.5 Å². The number of hydrogen-bond acceptors (Lipinski definition) is 6. The Bertz CT molecular complexity index is 856. The van der Waals surface area contributed by atoms with Crippen molar-refractivity contribution in [2.75, 3.05) is 36.4 Å². The lowest BCUT2D eigenvalue weighted by Crippen LogP contribution is -2.50. The molecular weight excluding hydrogens is 364 g/mol. The molecule has 1 saturated carbocycles. The third kappa shape index (κ3) is 4.83. The zero-order chi connectivity index (χ0) is 20.2. The van der Waals surface area contributed by atoms with Gasteiger partial charge in [-0.25, -0.2) is 15.0 Å². The van der Waals surface area contributed by atoms with E-state index < -0.39 is 0 Å². The normalized spacial score (nSPS) is 18.0. The van der Waals surface area contributed by atoms with Crippen LogP contribution in [-0.2, 0) is 4.79 Å². The maximum absolute atomic E-state index is 12.8. The van der Waals surface area contributed by atoms with Gasteiger partial charge < -0.3 is 15.1 Å². The number of pyridine rings is 1. The summed E-state index contributed by atoms with van der Waals surface area (Å²) in [5.41, 5.74) is 1.15. The van der Waals surface area contributed by atoms with Gasteiger partial charge in [0.15, 0.2) is 0 Å². The van der Waals surface area contributed by atoms with Crippen LogP contribution in [0.1, 0.15) is 43.5 Å². The summed E-state index contributed by atoms with van der Waals surface area (Å²) in [6, 6.07) is 5.93. The third-order valence-electron chi connectivity index (χ3n) is 5.87. The van der Waals surface area contributed by atoms with Crippen molar-refractivity contribution in [1.82, 2.24) is 19.9 Å². The zero-order valence-electron chi connectivity index (χ0n) is 17.4. The molecule has 4 rings (SSSR count). The van der Waals surface area contributed by atoms with Crippen molar-refractivity contribution in [3.05, 3.63) is 35.8 Å². The standard InChI is InChI=1S/C22H30N6O/c1-16-8-9-23-19(14-16)26-20-15-21(25-17(2)24-20)27-10-12-28(13-11-27)22(29)18-6-4-3-5-7-18/h8-9,14-15,18H,3-7,10-13H2,1-2H3,(H,23,24,25,26). The Hall–Kier alpha value is -2.70. The van der Waals surface area contributed by atoms with E-state index in [2.05, 4.69) is 30.1 Å². The summed E-state index contributed by atoms with van der Waals surface area (Å²) in [4.78, 5) is 30.6. The van der Waals surface area contributed by atoms with Crippen LogP contribution < -0.4 is 10.2 Å². The van der Waals surface area contributed by atoms with E-state index in [1.165, 1.54) is 19.3 Å². The largest absolute Gasteiger partial charge is 0.353 e. The highest BCUT2D eigenvalue weighted by atomic mass is 16.2. The van der Waals surface area contributed by atoms with Crippen molar-refractivity contribution in [1.29, 1.82) is 0 Å². The van der Waals surface area contributed by atoms with Crippen LogP contribution in [0.25, 0.3) is 0 Å². The molecule has 2 aliphatic rings. The van der Waals surface area contributed by atoms with Gasteiger partial charge in [-0.3, -0.25) is 4.79 Å². The molecule has 7 heteroatoms. The number of anilines is 3. The second-order valence-electron chi connectivity index (χ2n) is 8.15. The minimum Gasteiger partial charge on any atom is -0.353 e. The number of hydrogen-bond donors (Lipinski definition) is 1. The van der Waals surface area contributed by atoms with E-state index >= 15 is 0 Å². The zero-order valence-corrected chi connectivity index (χ0v) is 17.4. The number of aromatic nitrogens is 3. The number of nitrogens with zero attached hydrogens (tertiary/aromatic N) is 5. The fourth-order valence-corrected chi connectivity index (χ4v) is 4.28. The van der Waals surface area contributed by atoms with E-state index in [0.29, 0.717) is 5.91 Å². The first-order valence-corrected chi connectivity index (χ1v) is 10.7. The third-order valence-corrected chi connectivity index (χ3v) is 5.87. The molecule has 0 radical (unpaired) electrons. The van der Waals surface area contributed by atoms with Crippen LogP contribution in [0.5, 0.6) is 0 Å². The van der Waals surface area contributed by atoms with Gasteiger partial charge in [-0.15, -0.1) is 0 Å². The summed E-state index contributed by atoms with van der Waals surface area (Å²) in [7, 11) is 0. The minimum absolute atomic E-state index is 0.245. The fourth-order valence-electron chi connectivity index (χ4n) is 4.28. The van der Waals surface area contributed by atoms with E-state index in [1.54, 1.807) is 6.20 Å². The van der Waals surface area contributed by atoms with Gasteiger partial charge in [0.1, 0.15) is 23.3 Å². The van der Waals surface area contributed by atoms with Crippen molar-refractivity contribution in [3.63, 3.8) is 0 Å². The van der Waals surface area contributed by atoms with Crippen molar-refractivity contribution in [2.24, 2.45) is 5.92 Å². The van der Waals surface area contributed by atoms with Crippen molar-refractivity contribution >= 4 is 23.4 Å². The minimum atomic E-state index is 0.245. The Morgan fingerprint density at radius 3 is 2.48 bits per heavy atom. The lowest BCUT2D eigenvalue weighted by atomic mass is 9.88. The van der Waals surface area contributed by atoms with E-state index in [1.807, 2.05) is 32.0 Å². The molecule has 0 spiro atoms. The molecule has 1 saturated heterocycles. The average Bonchev–Trinajstić information content (AvgIpc) is 2.73. The quantitative estimate of drug-likeness (QED) is 0.856. The Labute approximate surface area is 172 Å². The van der Waals surface area contributed by atoms with Crippen LogP contribution >= 0.6 is 0 Å². The van der Waals surface area contributed by atoms with E-state index in [4.69, 9.17) is 0 Å². The van der Waals surface area contributed by atoms with Crippen LogP contribution in [0.2, 0.25) is 0 Å². The first-order valence-electron chi connectivity index (χ1n) is 10.7. The van der Waals surface area contributed by atoms with Gasteiger partial charge in [-0.2, -0.15) is 0 Å². The second-order valence-corrected chi connectivity index (χ2v) is 8.15. The van der Waals surface area contributed by atoms with E-state index in [0.717, 1.165) is 67.9 Å². The predicted molar refractivity (Wildman–Crippen MR) is 114 cm³/mol. The first kappa shape index (κ1) is 19.6. The Morgan fingerprint density at radius 2 is 1.76 bits per heavy atom. The molecule has 0 bridgehead atoms. The molecule has 154 valence electrons. The summed E-state index contributed by atoms with van der Waals surface area (Å²) >= 11 is 0. The smallest absolute Gasteiger partial charge is 0.225 e. The van der Waals surface area contributed by atoms with Crippen LogP contribution in [0.3, 0.4) is 0 Å². The molecule has 29 heavy (non-hydrogen) atoms.